The van der Waals surface area contributed by atoms with Gasteiger partial charge in [-0.2, -0.15) is 5.10 Å². The number of nitrogens with two attached hydrogens (primary N) is 1. The number of sulfone groups is 1. The molecule has 0 saturated heterocycles. The lowest BCUT2D eigenvalue weighted by Crippen LogP contribution is -2.10. The Balaban J connectivity index is 1.42. The number of Topliss-reactive ketones (excluding diaryl/α,β-unsaturated/α-hetero) is 1. The average Bonchev–Trinajstić information content (AvgIpc) is 3.43. The number of carbonyl (C=O) groups excluding carboxylic acids is 1. The molecule has 4 aromatic rings. The number of aryl methyl sites for hydroxylation is 2. The van der Waals surface area contributed by atoms with Crippen molar-refractivity contribution in [3.05, 3.63) is 104 Å². The first-order chi connectivity index (χ1) is 18.8. The highest BCUT2D eigenvalue weighted by molar-refractivity contribution is 7.89. The van der Waals surface area contributed by atoms with E-state index in [2.05, 4.69) is 5.10 Å². The second-order valence-corrected chi connectivity index (χ2v) is 12.3. The number of allylic oxidation sites excluding steroid dienone is 1. The predicted octanol–water partition coefficient (Wildman–Crippen LogP) is 6.16. The molecule has 1 aliphatic rings. The third-order valence-electron chi connectivity index (χ3n) is 6.65. The molecular weight excluding hydrogens is 560 g/mol. The normalized spacial score (nSPS) is 12.8. The molecular formula is C29H24ClF2N3O4S. The SMILES string of the molecule is Cc1cc2c(cc1CS(C)(=O)=O)CC(C(=O)c1cnn(-c3c(C)cc(Oc4c(F)cccc4Cl)cc3F)c1N)=C2. The minimum Gasteiger partial charge on any atom is -0.453 e. The molecule has 0 atom stereocenters. The zero-order valence-corrected chi connectivity index (χ0v) is 23.3. The number of para-hydroxylation sites is 1. The molecule has 0 unspecified atom stereocenters. The predicted molar refractivity (Wildman–Crippen MR) is 150 cm³/mol. The number of rotatable bonds is 7. The lowest BCUT2D eigenvalue weighted by molar-refractivity contribution is 0.103. The van der Waals surface area contributed by atoms with Gasteiger partial charge < -0.3 is 10.5 Å². The maximum Gasteiger partial charge on any atom is 0.194 e. The van der Waals surface area contributed by atoms with Crippen LogP contribution < -0.4 is 10.5 Å². The largest absolute Gasteiger partial charge is 0.453 e. The van der Waals surface area contributed by atoms with Gasteiger partial charge in [0.05, 0.1) is 22.5 Å². The molecule has 2 N–H and O–H groups in total. The standard InChI is InChI=1S/C29H24ClF2N3O4S/c1-15-7-17-9-19(10-18(17)11-20(15)14-40(3,37)38)27(36)22-13-34-35(29(22)33)26-16(2)8-21(12-25(26)32)39-28-23(30)5-4-6-24(28)31/h4-9,11-13H,10,14,33H2,1-3H3. The quantitative estimate of drug-likeness (QED) is 0.261. The van der Waals surface area contributed by atoms with Crippen molar-refractivity contribution >= 4 is 39.1 Å². The summed E-state index contributed by atoms with van der Waals surface area (Å²) in [6.45, 7) is 3.43. The number of nitrogen functional groups attached to an aromatic ring is 1. The summed E-state index contributed by atoms with van der Waals surface area (Å²) in [4.78, 5) is 13.4. The minimum atomic E-state index is -3.22. The molecule has 40 heavy (non-hydrogen) atoms. The summed E-state index contributed by atoms with van der Waals surface area (Å²) >= 11 is 6.01. The van der Waals surface area contributed by atoms with Gasteiger partial charge >= 0.3 is 0 Å². The summed E-state index contributed by atoms with van der Waals surface area (Å²) in [6.07, 6.45) is 4.51. The number of carbonyl (C=O) groups is 1. The molecule has 0 spiro atoms. The topological polar surface area (TPSA) is 104 Å². The minimum absolute atomic E-state index is 0.00765. The highest BCUT2D eigenvalue weighted by Gasteiger charge is 2.26. The maximum atomic E-state index is 15.3. The molecule has 0 amide bonds. The molecule has 3 aromatic carbocycles. The van der Waals surface area contributed by atoms with Crippen molar-refractivity contribution in [3.63, 3.8) is 0 Å². The van der Waals surface area contributed by atoms with Crippen LogP contribution in [0.3, 0.4) is 0 Å². The lowest BCUT2D eigenvalue weighted by Gasteiger charge is -2.14. The second-order valence-electron chi connectivity index (χ2n) is 9.80. The number of hydrogen-bond donors (Lipinski definition) is 1. The Morgan fingerprint density at radius 1 is 1.12 bits per heavy atom. The first-order valence-electron chi connectivity index (χ1n) is 12.1. The van der Waals surface area contributed by atoms with Crippen LogP contribution in [-0.4, -0.2) is 30.2 Å². The summed E-state index contributed by atoms with van der Waals surface area (Å²) in [6, 6.07) is 10.3. The van der Waals surface area contributed by atoms with E-state index in [1.54, 1.807) is 13.0 Å². The fourth-order valence-electron chi connectivity index (χ4n) is 4.76. The van der Waals surface area contributed by atoms with Gasteiger partial charge in [0, 0.05) is 24.3 Å². The van der Waals surface area contributed by atoms with Crippen molar-refractivity contribution in [2.75, 3.05) is 12.0 Å². The fourth-order valence-corrected chi connectivity index (χ4v) is 5.83. The number of anilines is 1. The number of benzene rings is 3. The van der Waals surface area contributed by atoms with Gasteiger partial charge in [-0.15, -0.1) is 0 Å². The molecule has 0 saturated carbocycles. The maximum absolute atomic E-state index is 15.3. The number of fused-ring (bicyclic) bond motifs is 1. The Labute approximate surface area is 234 Å². The number of halogens is 3. The Bertz CT molecular complexity index is 1800. The van der Waals surface area contributed by atoms with E-state index < -0.39 is 21.5 Å². The van der Waals surface area contributed by atoms with Crippen molar-refractivity contribution in [3.8, 4) is 17.2 Å². The van der Waals surface area contributed by atoms with Gasteiger partial charge in [-0.3, -0.25) is 4.79 Å². The van der Waals surface area contributed by atoms with Gasteiger partial charge in [0.1, 0.15) is 17.3 Å². The number of ketones is 1. The molecule has 1 aromatic heterocycles. The van der Waals surface area contributed by atoms with Crippen LogP contribution in [0, 0.1) is 25.5 Å². The molecule has 5 rings (SSSR count). The molecule has 11 heteroatoms. The van der Waals surface area contributed by atoms with Gasteiger partial charge in [-0.1, -0.05) is 29.8 Å². The summed E-state index contributed by atoms with van der Waals surface area (Å²) in [5.41, 5.74) is 10.4. The van der Waals surface area contributed by atoms with Crippen molar-refractivity contribution in [1.82, 2.24) is 9.78 Å². The zero-order valence-electron chi connectivity index (χ0n) is 21.8. The van der Waals surface area contributed by atoms with E-state index in [4.69, 9.17) is 22.1 Å². The molecule has 0 aliphatic heterocycles. The van der Waals surface area contributed by atoms with Crippen LogP contribution in [0.25, 0.3) is 11.8 Å². The molecule has 7 nitrogen and oxygen atoms in total. The summed E-state index contributed by atoms with van der Waals surface area (Å²) in [5.74, 6) is -2.16. The Kier molecular flexibility index (Phi) is 7.01. The van der Waals surface area contributed by atoms with Crippen LogP contribution in [0.15, 0.2) is 54.2 Å². The van der Waals surface area contributed by atoms with E-state index in [-0.39, 0.29) is 45.1 Å². The number of ether oxygens (including phenoxy) is 1. The van der Waals surface area contributed by atoms with Crippen LogP contribution in [-0.2, 0) is 22.0 Å². The molecule has 206 valence electrons. The first-order valence-corrected chi connectivity index (χ1v) is 14.6. The number of nitrogens with zero attached hydrogens (tertiary/aromatic N) is 2. The lowest BCUT2D eigenvalue weighted by atomic mass is 10.0. The van der Waals surface area contributed by atoms with Gasteiger partial charge in [0.2, 0.25) is 0 Å². The molecule has 1 aliphatic carbocycles. The monoisotopic (exact) mass is 583 g/mol. The molecule has 0 radical (unpaired) electrons. The highest BCUT2D eigenvalue weighted by atomic mass is 35.5. The van der Waals surface area contributed by atoms with Crippen LogP contribution in [0.2, 0.25) is 5.02 Å². The first kappa shape index (κ1) is 27.5. The van der Waals surface area contributed by atoms with E-state index >= 15 is 4.39 Å². The van der Waals surface area contributed by atoms with Gasteiger partial charge in [-0.25, -0.2) is 21.9 Å². The van der Waals surface area contributed by atoms with E-state index in [9.17, 15) is 17.6 Å². The smallest absolute Gasteiger partial charge is 0.194 e. The van der Waals surface area contributed by atoms with E-state index in [0.29, 0.717) is 23.1 Å². The van der Waals surface area contributed by atoms with Crippen molar-refractivity contribution < 1.29 is 26.7 Å². The van der Waals surface area contributed by atoms with Crippen molar-refractivity contribution in [2.45, 2.75) is 26.0 Å². The Morgan fingerprint density at radius 2 is 1.88 bits per heavy atom. The van der Waals surface area contributed by atoms with Gasteiger partial charge in [-0.05, 0) is 65.9 Å². The highest BCUT2D eigenvalue weighted by Crippen LogP contribution is 2.36. The fraction of sp³-hybridized carbons (Fsp3) is 0.172. The van der Waals surface area contributed by atoms with Crippen molar-refractivity contribution in [1.29, 1.82) is 0 Å². The van der Waals surface area contributed by atoms with Gasteiger partial charge in [0.25, 0.3) is 0 Å². The summed E-state index contributed by atoms with van der Waals surface area (Å²) in [5, 5.41) is 4.21. The summed E-state index contributed by atoms with van der Waals surface area (Å²) in [7, 11) is -3.22. The number of hydrogen-bond acceptors (Lipinski definition) is 6. The summed E-state index contributed by atoms with van der Waals surface area (Å²) < 4.78 is 59.7. The van der Waals surface area contributed by atoms with E-state index in [1.165, 1.54) is 36.7 Å². The second kappa shape index (κ2) is 10.2. The molecule has 0 fully saturated rings. The Hall–Kier alpha value is -4.02. The Morgan fingerprint density at radius 3 is 2.55 bits per heavy atom. The average molecular weight is 584 g/mol. The van der Waals surface area contributed by atoms with Crippen LogP contribution in [0.5, 0.6) is 11.5 Å². The molecule has 1 heterocycles. The van der Waals surface area contributed by atoms with Crippen LogP contribution >= 0.6 is 11.6 Å². The number of aromatic nitrogens is 2. The zero-order chi connectivity index (χ0) is 28.9. The van der Waals surface area contributed by atoms with E-state index in [1.807, 2.05) is 19.1 Å². The van der Waals surface area contributed by atoms with Crippen LogP contribution in [0.4, 0.5) is 14.6 Å². The van der Waals surface area contributed by atoms with Gasteiger partial charge in [0.15, 0.2) is 33.0 Å². The third kappa shape index (κ3) is 5.24. The molecule has 0 bridgehead atoms. The van der Waals surface area contributed by atoms with Crippen LogP contribution in [0.1, 0.15) is 38.2 Å². The third-order valence-corrected chi connectivity index (χ3v) is 7.78. The van der Waals surface area contributed by atoms with Crippen molar-refractivity contribution in [2.24, 2.45) is 0 Å². The van der Waals surface area contributed by atoms with E-state index in [0.717, 1.165) is 27.4 Å².